The Labute approximate surface area is 96.3 Å². The molecule has 1 aliphatic heterocycles. The van der Waals surface area contributed by atoms with Gasteiger partial charge in [-0.1, -0.05) is 6.08 Å². The zero-order valence-electron chi connectivity index (χ0n) is 10.1. The fourth-order valence-corrected chi connectivity index (χ4v) is 1.82. The van der Waals surface area contributed by atoms with Gasteiger partial charge in [-0.3, -0.25) is 4.90 Å². The Bertz CT molecular complexity index is 277. The van der Waals surface area contributed by atoms with Crippen LogP contribution < -0.4 is 0 Å². The summed E-state index contributed by atoms with van der Waals surface area (Å²) < 4.78 is 5.27. The SMILES string of the molecule is C=C[C@H]1CC[C@@H](C=O)N1C(=O)OC(C)(C)C. The number of carbonyl (C=O) groups excluding carboxylic acids is 2. The van der Waals surface area contributed by atoms with Crippen molar-refractivity contribution in [3.63, 3.8) is 0 Å². The molecule has 0 saturated carbocycles. The van der Waals surface area contributed by atoms with Gasteiger partial charge in [0.2, 0.25) is 0 Å². The van der Waals surface area contributed by atoms with Crippen LogP contribution in [0.3, 0.4) is 0 Å². The molecule has 0 N–H and O–H groups in total. The summed E-state index contributed by atoms with van der Waals surface area (Å²) in [7, 11) is 0. The first-order valence-corrected chi connectivity index (χ1v) is 5.48. The molecule has 0 unspecified atom stereocenters. The van der Waals surface area contributed by atoms with Crippen LogP contribution in [0, 0.1) is 0 Å². The molecule has 90 valence electrons. The van der Waals surface area contributed by atoms with Gasteiger partial charge in [0, 0.05) is 0 Å². The highest BCUT2D eigenvalue weighted by molar-refractivity contribution is 5.75. The van der Waals surface area contributed by atoms with E-state index in [1.807, 2.05) is 0 Å². The van der Waals surface area contributed by atoms with E-state index in [0.29, 0.717) is 6.42 Å². The third kappa shape index (κ3) is 2.84. The van der Waals surface area contributed by atoms with Gasteiger partial charge in [-0.25, -0.2) is 4.79 Å². The molecule has 0 spiro atoms. The Kier molecular flexibility index (Phi) is 3.73. The topological polar surface area (TPSA) is 46.6 Å². The highest BCUT2D eigenvalue weighted by Gasteiger charge is 2.37. The van der Waals surface area contributed by atoms with Crippen LogP contribution in [0.5, 0.6) is 0 Å². The minimum absolute atomic E-state index is 0.0925. The third-order valence-electron chi connectivity index (χ3n) is 2.51. The molecule has 1 heterocycles. The van der Waals surface area contributed by atoms with Gasteiger partial charge in [-0.05, 0) is 33.6 Å². The van der Waals surface area contributed by atoms with E-state index in [1.165, 1.54) is 4.90 Å². The zero-order chi connectivity index (χ0) is 12.3. The van der Waals surface area contributed by atoms with Crippen LogP contribution in [0.2, 0.25) is 0 Å². The number of hydrogen-bond donors (Lipinski definition) is 0. The molecule has 0 aromatic rings. The molecule has 0 aliphatic carbocycles. The van der Waals surface area contributed by atoms with E-state index in [2.05, 4.69) is 6.58 Å². The third-order valence-corrected chi connectivity index (χ3v) is 2.51. The molecule has 4 nitrogen and oxygen atoms in total. The van der Waals surface area contributed by atoms with E-state index in [-0.39, 0.29) is 12.1 Å². The minimum Gasteiger partial charge on any atom is -0.444 e. The molecule has 16 heavy (non-hydrogen) atoms. The monoisotopic (exact) mass is 225 g/mol. The second kappa shape index (κ2) is 4.68. The molecule has 0 aromatic heterocycles. The van der Waals surface area contributed by atoms with Crippen LogP contribution in [0.1, 0.15) is 33.6 Å². The molecular weight excluding hydrogens is 206 g/mol. The van der Waals surface area contributed by atoms with Crippen LogP contribution >= 0.6 is 0 Å². The molecular formula is C12H19NO3. The van der Waals surface area contributed by atoms with E-state index in [0.717, 1.165) is 12.7 Å². The van der Waals surface area contributed by atoms with Crippen molar-refractivity contribution in [1.29, 1.82) is 0 Å². The molecule has 0 radical (unpaired) electrons. The van der Waals surface area contributed by atoms with E-state index in [4.69, 9.17) is 4.74 Å². The van der Waals surface area contributed by atoms with Crippen LogP contribution in [0.15, 0.2) is 12.7 Å². The lowest BCUT2D eigenvalue weighted by atomic mass is 10.2. The number of nitrogens with zero attached hydrogens (tertiary/aromatic N) is 1. The van der Waals surface area contributed by atoms with Gasteiger partial charge in [-0.15, -0.1) is 6.58 Å². The number of aldehydes is 1. The number of rotatable bonds is 2. The summed E-state index contributed by atoms with van der Waals surface area (Å²) >= 11 is 0. The van der Waals surface area contributed by atoms with Crippen molar-refractivity contribution >= 4 is 12.4 Å². The first-order chi connectivity index (χ1) is 7.39. The summed E-state index contributed by atoms with van der Waals surface area (Å²) in [6.45, 7) is 9.09. The summed E-state index contributed by atoms with van der Waals surface area (Å²) in [6, 6.07) is -0.470. The smallest absolute Gasteiger partial charge is 0.411 e. The van der Waals surface area contributed by atoms with Gasteiger partial charge in [0.1, 0.15) is 11.9 Å². The summed E-state index contributed by atoms with van der Waals surface area (Å²) in [5, 5.41) is 0. The largest absolute Gasteiger partial charge is 0.444 e. The summed E-state index contributed by atoms with van der Waals surface area (Å²) in [5.41, 5.74) is -0.543. The van der Waals surface area contributed by atoms with Crippen molar-refractivity contribution in [2.75, 3.05) is 0 Å². The van der Waals surface area contributed by atoms with Crippen molar-refractivity contribution in [2.45, 2.75) is 51.3 Å². The summed E-state index contributed by atoms with van der Waals surface area (Å²) in [4.78, 5) is 24.2. The average molecular weight is 225 g/mol. The first kappa shape index (κ1) is 12.7. The summed E-state index contributed by atoms with van der Waals surface area (Å²) in [5.74, 6) is 0. The fourth-order valence-electron chi connectivity index (χ4n) is 1.82. The Morgan fingerprint density at radius 2 is 1.94 bits per heavy atom. The number of ether oxygens (including phenoxy) is 1. The molecule has 1 amide bonds. The average Bonchev–Trinajstić information content (AvgIpc) is 2.57. The zero-order valence-corrected chi connectivity index (χ0v) is 10.1. The predicted octanol–water partition coefficient (Wildman–Crippen LogP) is 2.14. The molecule has 0 aromatic carbocycles. The highest BCUT2D eigenvalue weighted by atomic mass is 16.6. The van der Waals surface area contributed by atoms with Crippen molar-refractivity contribution < 1.29 is 14.3 Å². The van der Waals surface area contributed by atoms with Crippen molar-refractivity contribution in [3.05, 3.63) is 12.7 Å². The molecule has 1 saturated heterocycles. The van der Waals surface area contributed by atoms with Gasteiger partial charge in [0.15, 0.2) is 0 Å². The lowest BCUT2D eigenvalue weighted by Gasteiger charge is -2.29. The lowest BCUT2D eigenvalue weighted by molar-refractivity contribution is -0.111. The maximum Gasteiger partial charge on any atom is 0.411 e. The summed E-state index contributed by atoms with van der Waals surface area (Å²) in [6.07, 6.45) is 3.50. The number of likely N-dealkylation sites (tertiary alicyclic amines) is 1. The normalized spacial score (nSPS) is 25.3. The second-order valence-corrected chi connectivity index (χ2v) is 4.97. The number of carbonyl (C=O) groups is 2. The van der Waals surface area contributed by atoms with Gasteiger partial charge < -0.3 is 9.53 Å². The molecule has 0 bridgehead atoms. The second-order valence-electron chi connectivity index (χ2n) is 4.97. The van der Waals surface area contributed by atoms with Crippen molar-refractivity contribution in [3.8, 4) is 0 Å². The standard InChI is InChI=1S/C12H19NO3/c1-5-9-6-7-10(8-14)13(9)11(15)16-12(2,3)4/h5,8-10H,1,6-7H2,2-4H3/t9-,10-/m0/s1. The van der Waals surface area contributed by atoms with Gasteiger partial charge >= 0.3 is 6.09 Å². The van der Waals surface area contributed by atoms with Gasteiger partial charge in [0.25, 0.3) is 0 Å². The van der Waals surface area contributed by atoms with Crippen LogP contribution in [-0.2, 0) is 9.53 Å². The number of amides is 1. The Balaban J connectivity index is 2.77. The Morgan fingerprint density at radius 1 is 1.38 bits per heavy atom. The molecule has 1 aliphatic rings. The Morgan fingerprint density at radius 3 is 2.38 bits per heavy atom. The maximum atomic E-state index is 11.9. The molecule has 1 fully saturated rings. The van der Waals surface area contributed by atoms with Gasteiger partial charge in [-0.2, -0.15) is 0 Å². The molecule has 2 atom stereocenters. The van der Waals surface area contributed by atoms with Crippen molar-refractivity contribution in [2.24, 2.45) is 0 Å². The van der Waals surface area contributed by atoms with E-state index in [1.54, 1.807) is 26.8 Å². The molecule has 1 rings (SSSR count). The lowest BCUT2D eigenvalue weighted by Crippen LogP contribution is -2.44. The van der Waals surface area contributed by atoms with E-state index in [9.17, 15) is 9.59 Å². The number of hydrogen-bond acceptors (Lipinski definition) is 3. The first-order valence-electron chi connectivity index (χ1n) is 5.48. The van der Waals surface area contributed by atoms with Crippen LogP contribution in [-0.4, -0.2) is 35.0 Å². The minimum atomic E-state index is -0.543. The predicted molar refractivity (Wildman–Crippen MR) is 61.1 cm³/mol. The quantitative estimate of drug-likeness (QED) is 0.534. The van der Waals surface area contributed by atoms with E-state index >= 15 is 0 Å². The van der Waals surface area contributed by atoms with Crippen LogP contribution in [0.25, 0.3) is 0 Å². The van der Waals surface area contributed by atoms with Crippen LogP contribution in [0.4, 0.5) is 4.79 Å². The van der Waals surface area contributed by atoms with Crippen molar-refractivity contribution in [1.82, 2.24) is 4.90 Å². The Hall–Kier alpha value is -1.32. The highest BCUT2D eigenvalue weighted by Crippen LogP contribution is 2.25. The van der Waals surface area contributed by atoms with E-state index < -0.39 is 11.7 Å². The van der Waals surface area contributed by atoms with Gasteiger partial charge in [0.05, 0.1) is 12.1 Å². The maximum absolute atomic E-state index is 11.9. The molecule has 4 heteroatoms. The fraction of sp³-hybridized carbons (Fsp3) is 0.667.